The minimum absolute atomic E-state index is 0.124. The maximum Gasteiger partial charge on any atom is 0.142 e. The van der Waals surface area contributed by atoms with Crippen LogP contribution in [0.15, 0.2) is 24.3 Å². The smallest absolute Gasteiger partial charge is 0.142 e. The predicted molar refractivity (Wildman–Crippen MR) is 99.3 cm³/mol. The van der Waals surface area contributed by atoms with Crippen molar-refractivity contribution in [1.82, 2.24) is 14.7 Å². The molecule has 1 aliphatic rings. The molecule has 1 fully saturated rings. The quantitative estimate of drug-likeness (QED) is 0.866. The summed E-state index contributed by atoms with van der Waals surface area (Å²) in [4.78, 5) is 4.87. The summed E-state index contributed by atoms with van der Waals surface area (Å²) >= 11 is 0. The van der Waals surface area contributed by atoms with Gasteiger partial charge in [-0.05, 0) is 26.0 Å². The SMILES string of the molecule is COc1ccccc1N1CCN(Cc2c(C)nn(CCO)c2C)CC1. The Hall–Kier alpha value is -2.05. The molecule has 0 unspecified atom stereocenters. The Morgan fingerprint density at radius 2 is 1.84 bits per heavy atom. The van der Waals surface area contributed by atoms with Crippen LogP contribution in [-0.4, -0.2) is 59.7 Å². The molecule has 6 heteroatoms. The average molecular weight is 344 g/mol. The van der Waals surface area contributed by atoms with Gasteiger partial charge in [-0.15, -0.1) is 0 Å². The van der Waals surface area contributed by atoms with Crippen LogP contribution in [0.25, 0.3) is 0 Å². The molecule has 2 aromatic rings. The molecular formula is C19H28N4O2. The van der Waals surface area contributed by atoms with Crippen LogP contribution in [0, 0.1) is 13.8 Å². The van der Waals surface area contributed by atoms with Crippen LogP contribution < -0.4 is 9.64 Å². The first-order valence-electron chi connectivity index (χ1n) is 8.88. The zero-order valence-corrected chi connectivity index (χ0v) is 15.4. The van der Waals surface area contributed by atoms with Gasteiger partial charge in [0.05, 0.1) is 31.6 Å². The maximum absolute atomic E-state index is 9.16. The topological polar surface area (TPSA) is 53.8 Å². The van der Waals surface area contributed by atoms with Crippen molar-refractivity contribution in [3.63, 3.8) is 0 Å². The van der Waals surface area contributed by atoms with Crippen LogP contribution in [-0.2, 0) is 13.1 Å². The van der Waals surface area contributed by atoms with Crippen LogP contribution in [0.4, 0.5) is 5.69 Å². The molecule has 3 rings (SSSR count). The highest BCUT2D eigenvalue weighted by atomic mass is 16.5. The summed E-state index contributed by atoms with van der Waals surface area (Å²) < 4.78 is 7.40. The molecule has 0 atom stereocenters. The minimum Gasteiger partial charge on any atom is -0.495 e. The van der Waals surface area contributed by atoms with E-state index in [0.29, 0.717) is 6.54 Å². The Balaban J connectivity index is 1.63. The van der Waals surface area contributed by atoms with Gasteiger partial charge < -0.3 is 14.7 Å². The molecule has 0 amide bonds. The molecular weight excluding hydrogens is 316 g/mol. The fraction of sp³-hybridized carbons (Fsp3) is 0.526. The Labute approximate surface area is 149 Å². The normalized spacial score (nSPS) is 15.6. The minimum atomic E-state index is 0.124. The molecule has 1 aliphatic heterocycles. The van der Waals surface area contributed by atoms with E-state index >= 15 is 0 Å². The van der Waals surface area contributed by atoms with Gasteiger partial charge in [-0.1, -0.05) is 12.1 Å². The van der Waals surface area contributed by atoms with Crippen LogP contribution >= 0.6 is 0 Å². The molecule has 0 radical (unpaired) electrons. The van der Waals surface area contributed by atoms with Crippen molar-refractivity contribution >= 4 is 5.69 Å². The Kier molecular flexibility index (Phi) is 5.60. The fourth-order valence-electron chi connectivity index (χ4n) is 3.54. The summed E-state index contributed by atoms with van der Waals surface area (Å²) in [6, 6.07) is 8.21. The lowest BCUT2D eigenvalue weighted by atomic mass is 10.1. The molecule has 2 heterocycles. The second kappa shape index (κ2) is 7.89. The summed E-state index contributed by atoms with van der Waals surface area (Å²) in [5.41, 5.74) is 4.70. The molecule has 1 saturated heterocycles. The second-order valence-corrected chi connectivity index (χ2v) is 6.53. The van der Waals surface area contributed by atoms with Gasteiger partial charge in [0.1, 0.15) is 5.75 Å². The number of aliphatic hydroxyl groups is 1. The maximum atomic E-state index is 9.16. The molecule has 1 N–H and O–H groups in total. The first kappa shape index (κ1) is 17.8. The van der Waals surface area contributed by atoms with E-state index in [0.717, 1.165) is 44.2 Å². The number of aryl methyl sites for hydroxylation is 1. The molecule has 1 aromatic heterocycles. The van der Waals surface area contributed by atoms with Gasteiger partial charge in [-0.2, -0.15) is 5.10 Å². The second-order valence-electron chi connectivity index (χ2n) is 6.53. The van der Waals surface area contributed by atoms with Crippen molar-refractivity contribution in [1.29, 1.82) is 0 Å². The van der Waals surface area contributed by atoms with E-state index in [9.17, 15) is 0 Å². The number of methoxy groups -OCH3 is 1. The first-order chi connectivity index (χ1) is 12.1. The summed E-state index contributed by atoms with van der Waals surface area (Å²) in [7, 11) is 1.73. The predicted octanol–water partition coefficient (Wildman–Crippen LogP) is 1.82. The first-order valence-corrected chi connectivity index (χ1v) is 8.88. The van der Waals surface area contributed by atoms with Gasteiger partial charge in [0.15, 0.2) is 0 Å². The van der Waals surface area contributed by atoms with E-state index in [1.54, 1.807) is 7.11 Å². The molecule has 1 aromatic carbocycles. The molecule has 0 saturated carbocycles. The van der Waals surface area contributed by atoms with Gasteiger partial charge in [-0.25, -0.2) is 0 Å². The van der Waals surface area contributed by atoms with Crippen molar-refractivity contribution in [2.45, 2.75) is 26.9 Å². The Morgan fingerprint density at radius 3 is 2.52 bits per heavy atom. The highest BCUT2D eigenvalue weighted by molar-refractivity contribution is 5.58. The number of hydrogen-bond donors (Lipinski definition) is 1. The van der Waals surface area contributed by atoms with E-state index in [-0.39, 0.29) is 6.61 Å². The number of para-hydroxylation sites is 2. The van der Waals surface area contributed by atoms with E-state index in [4.69, 9.17) is 9.84 Å². The van der Waals surface area contributed by atoms with Crippen LogP contribution in [0.2, 0.25) is 0 Å². The van der Waals surface area contributed by atoms with E-state index in [1.165, 1.54) is 16.9 Å². The van der Waals surface area contributed by atoms with E-state index in [1.807, 2.05) is 16.8 Å². The van der Waals surface area contributed by atoms with Crippen molar-refractivity contribution < 1.29 is 9.84 Å². The average Bonchev–Trinajstić information content (AvgIpc) is 2.90. The third kappa shape index (κ3) is 3.80. The number of ether oxygens (including phenoxy) is 1. The van der Waals surface area contributed by atoms with Gasteiger partial charge in [0, 0.05) is 44.0 Å². The number of anilines is 1. The zero-order valence-electron chi connectivity index (χ0n) is 15.4. The lowest BCUT2D eigenvalue weighted by Crippen LogP contribution is -2.46. The molecule has 25 heavy (non-hydrogen) atoms. The highest BCUT2D eigenvalue weighted by Crippen LogP contribution is 2.28. The summed E-state index contributed by atoms with van der Waals surface area (Å²) in [6.45, 7) is 9.77. The molecule has 0 spiro atoms. The number of aromatic nitrogens is 2. The van der Waals surface area contributed by atoms with Crippen molar-refractivity contribution in [2.75, 3.05) is 44.8 Å². The third-order valence-electron chi connectivity index (χ3n) is 5.02. The highest BCUT2D eigenvalue weighted by Gasteiger charge is 2.21. The molecule has 6 nitrogen and oxygen atoms in total. The fourth-order valence-corrected chi connectivity index (χ4v) is 3.54. The zero-order chi connectivity index (χ0) is 17.8. The third-order valence-corrected chi connectivity index (χ3v) is 5.02. The van der Waals surface area contributed by atoms with Crippen molar-refractivity contribution in [2.24, 2.45) is 0 Å². The Bertz CT molecular complexity index is 705. The van der Waals surface area contributed by atoms with Crippen molar-refractivity contribution in [3.05, 3.63) is 41.2 Å². The Morgan fingerprint density at radius 1 is 1.12 bits per heavy atom. The number of hydrogen-bond acceptors (Lipinski definition) is 5. The molecule has 0 bridgehead atoms. The van der Waals surface area contributed by atoms with E-state index in [2.05, 4.69) is 40.9 Å². The standard InChI is InChI=1S/C19H28N4O2/c1-15-17(16(2)23(20-15)12-13-24)14-21-8-10-22(11-9-21)18-6-4-5-7-19(18)25-3/h4-7,24H,8-14H2,1-3H3. The monoisotopic (exact) mass is 344 g/mol. The lowest BCUT2D eigenvalue weighted by molar-refractivity contribution is 0.247. The van der Waals surface area contributed by atoms with Crippen molar-refractivity contribution in [3.8, 4) is 5.75 Å². The van der Waals surface area contributed by atoms with Crippen LogP contribution in [0.3, 0.4) is 0 Å². The summed E-state index contributed by atoms with van der Waals surface area (Å²) in [5.74, 6) is 0.938. The van der Waals surface area contributed by atoms with Gasteiger partial charge in [-0.3, -0.25) is 9.58 Å². The number of piperazine rings is 1. The number of nitrogens with zero attached hydrogens (tertiary/aromatic N) is 4. The lowest BCUT2D eigenvalue weighted by Gasteiger charge is -2.36. The molecule has 136 valence electrons. The molecule has 0 aliphatic carbocycles. The van der Waals surface area contributed by atoms with Crippen LogP contribution in [0.5, 0.6) is 5.75 Å². The number of rotatable bonds is 6. The van der Waals surface area contributed by atoms with Gasteiger partial charge in [0.25, 0.3) is 0 Å². The summed E-state index contributed by atoms with van der Waals surface area (Å²) in [5, 5.41) is 13.7. The number of aliphatic hydroxyl groups excluding tert-OH is 1. The number of benzene rings is 1. The summed E-state index contributed by atoms with van der Waals surface area (Å²) in [6.07, 6.45) is 0. The largest absolute Gasteiger partial charge is 0.495 e. The van der Waals surface area contributed by atoms with E-state index < -0.39 is 0 Å². The van der Waals surface area contributed by atoms with Gasteiger partial charge in [0.2, 0.25) is 0 Å². The van der Waals surface area contributed by atoms with Crippen LogP contribution in [0.1, 0.15) is 17.0 Å². The van der Waals surface area contributed by atoms with Gasteiger partial charge >= 0.3 is 0 Å².